The van der Waals surface area contributed by atoms with Gasteiger partial charge < -0.3 is 9.64 Å². The number of rotatable bonds is 3. The summed E-state index contributed by atoms with van der Waals surface area (Å²) in [7, 11) is 0. The molecule has 4 nitrogen and oxygen atoms in total. The molecule has 1 unspecified atom stereocenters. The van der Waals surface area contributed by atoms with Crippen LogP contribution in [-0.2, 0) is 9.59 Å². The molecule has 3 rings (SSSR count). The molecule has 2 aromatic rings. The van der Waals surface area contributed by atoms with Gasteiger partial charge in [-0.1, -0.05) is 29.8 Å². The molecule has 1 aliphatic heterocycles. The highest BCUT2D eigenvalue weighted by Crippen LogP contribution is 2.39. The maximum absolute atomic E-state index is 12.0. The third kappa shape index (κ3) is 2.72. The lowest BCUT2D eigenvalue weighted by Gasteiger charge is -2.40. The van der Waals surface area contributed by atoms with E-state index in [4.69, 9.17) is 4.74 Å². The van der Waals surface area contributed by atoms with E-state index in [9.17, 15) is 9.59 Å². The number of ether oxygens (including phenoxy) is 1. The Morgan fingerprint density at radius 1 is 1.09 bits per heavy atom. The lowest BCUT2D eigenvalue weighted by molar-refractivity contribution is -0.132. The van der Waals surface area contributed by atoms with Crippen molar-refractivity contribution in [2.45, 2.75) is 26.3 Å². The minimum Gasteiger partial charge on any atom is -0.427 e. The Morgan fingerprint density at radius 3 is 2.27 bits per heavy atom. The standard InChI is InChI=1S/C18H17NO3/c1-12-3-5-14(6-4-12)17-11-18(21)19(17)15-7-9-16(10-8-15)22-13(2)20/h3-10,17H,11H2,1-2H3. The molecule has 1 saturated heterocycles. The first-order valence-electron chi connectivity index (χ1n) is 7.22. The van der Waals surface area contributed by atoms with Gasteiger partial charge in [-0.3, -0.25) is 9.59 Å². The number of benzene rings is 2. The van der Waals surface area contributed by atoms with Crippen LogP contribution in [0.15, 0.2) is 48.5 Å². The summed E-state index contributed by atoms with van der Waals surface area (Å²) in [4.78, 5) is 24.7. The lowest BCUT2D eigenvalue weighted by Crippen LogP contribution is -2.46. The molecule has 0 saturated carbocycles. The normalized spacial score (nSPS) is 17.1. The molecule has 4 heteroatoms. The summed E-state index contributed by atoms with van der Waals surface area (Å²) in [6, 6.07) is 15.3. The summed E-state index contributed by atoms with van der Waals surface area (Å²) in [5.41, 5.74) is 3.15. The van der Waals surface area contributed by atoms with Crippen molar-refractivity contribution >= 4 is 17.6 Å². The number of nitrogens with zero attached hydrogens (tertiary/aromatic N) is 1. The predicted octanol–water partition coefficient (Wildman–Crippen LogP) is 3.40. The first-order chi connectivity index (χ1) is 10.5. The zero-order chi connectivity index (χ0) is 15.7. The van der Waals surface area contributed by atoms with Crippen LogP contribution in [0.25, 0.3) is 0 Å². The molecule has 22 heavy (non-hydrogen) atoms. The van der Waals surface area contributed by atoms with Crippen molar-refractivity contribution in [1.29, 1.82) is 0 Å². The van der Waals surface area contributed by atoms with Gasteiger partial charge in [-0.15, -0.1) is 0 Å². The van der Waals surface area contributed by atoms with Crippen molar-refractivity contribution in [2.75, 3.05) is 4.90 Å². The quantitative estimate of drug-likeness (QED) is 0.495. The highest BCUT2D eigenvalue weighted by Gasteiger charge is 2.38. The summed E-state index contributed by atoms with van der Waals surface area (Å²) in [5, 5.41) is 0. The molecule has 1 fully saturated rings. The Kier molecular flexibility index (Phi) is 3.67. The zero-order valence-electron chi connectivity index (χ0n) is 12.6. The lowest BCUT2D eigenvalue weighted by atomic mass is 9.92. The second-order valence-corrected chi connectivity index (χ2v) is 5.48. The molecule has 0 spiro atoms. The van der Waals surface area contributed by atoms with Gasteiger partial charge in [0.15, 0.2) is 0 Å². The van der Waals surface area contributed by atoms with Gasteiger partial charge in [0, 0.05) is 12.6 Å². The van der Waals surface area contributed by atoms with Crippen LogP contribution < -0.4 is 9.64 Å². The summed E-state index contributed by atoms with van der Waals surface area (Å²) in [5.74, 6) is 0.229. The van der Waals surface area contributed by atoms with Crippen LogP contribution in [0.4, 0.5) is 5.69 Å². The predicted molar refractivity (Wildman–Crippen MR) is 83.8 cm³/mol. The Bertz CT molecular complexity index is 704. The molecular formula is C18H17NO3. The van der Waals surface area contributed by atoms with Crippen LogP contribution in [0.5, 0.6) is 5.75 Å². The number of hydrogen-bond donors (Lipinski definition) is 0. The number of carbonyl (C=O) groups excluding carboxylic acids is 2. The van der Waals surface area contributed by atoms with Gasteiger partial charge in [-0.25, -0.2) is 0 Å². The molecule has 0 aromatic heterocycles. The largest absolute Gasteiger partial charge is 0.427 e. The minimum absolute atomic E-state index is 0.0766. The average molecular weight is 295 g/mol. The third-order valence-electron chi connectivity index (χ3n) is 3.79. The molecule has 1 aliphatic rings. The molecule has 1 amide bonds. The van der Waals surface area contributed by atoms with E-state index in [2.05, 4.69) is 24.3 Å². The molecule has 112 valence electrons. The van der Waals surface area contributed by atoms with Crippen LogP contribution in [0, 0.1) is 6.92 Å². The first kappa shape index (κ1) is 14.3. The van der Waals surface area contributed by atoms with Crippen molar-refractivity contribution in [3.63, 3.8) is 0 Å². The zero-order valence-corrected chi connectivity index (χ0v) is 12.6. The fourth-order valence-electron chi connectivity index (χ4n) is 2.64. The van der Waals surface area contributed by atoms with E-state index in [1.54, 1.807) is 29.2 Å². The molecule has 0 N–H and O–H groups in total. The number of aryl methyl sites for hydroxylation is 1. The third-order valence-corrected chi connectivity index (χ3v) is 3.79. The molecule has 0 aliphatic carbocycles. The SMILES string of the molecule is CC(=O)Oc1ccc(N2C(=O)CC2c2ccc(C)cc2)cc1. The number of anilines is 1. The number of amides is 1. The van der Waals surface area contributed by atoms with E-state index in [0.29, 0.717) is 12.2 Å². The van der Waals surface area contributed by atoms with Crippen molar-refractivity contribution in [3.8, 4) is 5.75 Å². The second kappa shape index (κ2) is 5.64. The number of esters is 1. The summed E-state index contributed by atoms with van der Waals surface area (Å²) >= 11 is 0. The van der Waals surface area contributed by atoms with Crippen molar-refractivity contribution in [1.82, 2.24) is 0 Å². The van der Waals surface area contributed by atoms with Crippen LogP contribution in [0.2, 0.25) is 0 Å². The fourth-order valence-corrected chi connectivity index (χ4v) is 2.64. The van der Waals surface area contributed by atoms with Crippen molar-refractivity contribution in [2.24, 2.45) is 0 Å². The highest BCUT2D eigenvalue weighted by atomic mass is 16.5. The molecule has 0 bridgehead atoms. The monoisotopic (exact) mass is 295 g/mol. The number of carbonyl (C=O) groups is 2. The van der Waals surface area contributed by atoms with Crippen LogP contribution in [0.1, 0.15) is 30.5 Å². The Hall–Kier alpha value is -2.62. The van der Waals surface area contributed by atoms with Crippen LogP contribution in [-0.4, -0.2) is 11.9 Å². The summed E-state index contributed by atoms with van der Waals surface area (Å²) in [6.45, 7) is 3.40. The van der Waals surface area contributed by atoms with E-state index in [0.717, 1.165) is 11.3 Å². The van der Waals surface area contributed by atoms with E-state index in [1.807, 2.05) is 6.92 Å². The van der Waals surface area contributed by atoms with Gasteiger partial charge in [0.05, 0.1) is 12.5 Å². The second-order valence-electron chi connectivity index (χ2n) is 5.48. The Morgan fingerprint density at radius 2 is 1.73 bits per heavy atom. The molecule has 1 atom stereocenters. The first-order valence-corrected chi connectivity index (χ1v) is 7.22. The van der Waals surface area contributed by atoms with E-state index in [1.165, 1.54) is 12.5 Å². The van der Waals surface area contributed by atoms with Gasteiger partial charge in [0.2, 0.25) is 5.91 Å². The fraction of sp³-hybridized carbons (Fsp3) is 0.222. The summed E-state index contributed by atoms with van der Waals surface area (Å²) < 4.78 is 5.01. The number of hydrogen-bond acceptors (Lipinski definition) is 3. The van der Waals surface area contributed by atoms with Crippen LogP contribution in [0.3, 0.4) is 0 Å². The van der Waals surface area contributed by atoms with E-state index in [-0.39, 0.29) is 17.9 Å². The average Bonchev–Trinajstić information content (AvgIpc) is 2.47. The maximum Gasteiger partial charge on any atom is 0.308 e. The van der Waals surface area contributed by atoms with Crippen LogP contribution >= 0.6 is 0 Å². The highest BCUT2D eigenvalue weighted by molar-refractivity contribution is 6.01. The number of β-lactam (4-membered cyclic amide) rings is 1. The van der Waals surface area contributed by atoms with Crippen molar-refractivity contribution < 1.29 is 14.3 Å². The molecule has 1 heterocycles. The van der Waals surface area contributed by atoms with Crippen molar-refractivity contribution in [3.05, 3.63) is 59.7 Å². The molecule has 0 radical (unpaired) electrons. The van der Waals surface area contributed by atoms with Gasteiger partial charge in [0.1, 0.15) is 5.75 Å². The van der Waals surface area contributed by atoms with E-state index >= 15 is 0 Å². The Balaban J connectivity index is 1.81. The summed E-state index contributed by atoms with van der Waals surface area (Å²) in [6.07, 6.45) is 0.523. The van der Waals surface area contributed by atoms with Gasteiger partial charge in [-0.05, 0) is 36.8 Å². The minimum atomic E-state index is -0.356. The molecule has 2 aromatic carbocycles. The molecular weight excluding hydrogens is 278 g/mol. The van der Waals surface area contributed by atoms with Gasteiger partial charge >= 0.3 is 5.97 Å². The maximum atomic E-state index is 12.0. The van der Waals surface area contributed by atoms with Gasteiger partial charge in [0.25, 0.3) is 0 Å². The van der Waals surface area contributed by atoms with Gasteiger partial charge in [-0.2, -0.15) is 0 Å². The topological polar surface area (TPSA) is 46.6 Å². The Labute approximate surface area is 129 Å². The smallest absolute Gasteiger partial charge is 0.308 e. The van der Waals surface area contributed by atoms with E-state index < -0.39 is 0 Å².